The Labute approximate surface area is 98.3 Å². The van der Waals surface area contributed by atoms with Crippen LogP contribution in [0.2, 0.25) is 0 Å². The smallest absolute Gasteiger partial charge is 0.141 e. The molecule has 0 radical (unpaired) electrons. The normalized spacial score (nSPS) is 23.6. The van der Waals surface area contributed by atoms with Crippen molar-refractivity contribution >= 4 is 23.2 Å². The van der Waals surface area contributed by atoms with Crippen LogP contribution in [-0.2, 0) is 0 Å². The van der Waals surface area contributed by atoms with E-state index in [1.807, 2.05) is 0 Å². The summed E-state index contributed by atoms with van der Waals surface area (Å²) < 4.78 is 0. The molecule has 0 unspecified atom stereocenters. The second-order valence-corrected chi connectivity index (χ2v) is 4.26. The van der Waals surface area contributed by atoms with Crippen LogP contribution in [0.4, 0.5) is 0 Å². The largest absolute Gasteiger partial charge is 0.288 e. The van der Waals surface area contributed by atoms with Gasteiger partial charge in [-0.15, -0.1) is 0 Å². The number of halogens is 2. The molecule has 2 heterocycles. The summed E-state index contributed by atoms with van der Waals surface area (Å²) in [7, 11) is 0. The van der Waals surface area contributed by atoms with Gasteiger partial charge in [-0.2, -0.15) is 5.10 Å². The molecule has 1 aromatic rings. The van der Waals surface area contributed by atoms with Gasteiger partial charge in [0.25, 0.3) is 0 Å². The van der Waals surface area contributed by atoms with Crippen molar-refractivity contribution in [2.24, 2.45) is 0 Å². The van der Waals surface area contributed by atoms with Crippen LogP contribution < -0.4 is 0 Å². The van der Waals surface area contributed by atoms with Gasteiger partial charge < -0.3 is 0 Å². The summed E-state index contributed by atoms with van der Waals surface area (Å²) in [5.74, 6) is 0.909. The summed E-state index contributed by atoms with van der Waals surface area (Å²) in [6, 6.07) is 0.290. The molecule has 0 amide bonds. The molecule has 0 spiro atoms. The highest BCUT2D eigenvalue weighted by atomic mass is 35.5. The van der Waals surface area contributed by atoms with E-state index >= 15 is 0 Å². The second kappa shape index (κ2) is 4.96. The highest BCUT2D eigenvalue weighted by Crippen LogP contribution is 2.30. The summed E-state index contributed by atoms with van der Waals surface area (Å²) in [6.45, 7) is 1.70. The van der Waals surface area contributed by atoms with Crippen molar-refractivity contribution in [2.75, 3.05) is 13.1 Å². The van der Waals surface area contributed by atoms with E-state index in [1.165, 1.54) is 11.9 Å². The fraction of sp³-hybridized carbons (Fsp3) is 0.556. The Balaban J connectivity index is 2.06. The molecule has 6 heteroatoms. The molecule has 4 nitrogen and oxygen atoms in total. The van der Waals surface area contributed by atoms with Crippen molar-refractivity contribution in [2.45, 2.75) is 18.9 Å². The molecule has 1 aliphatic rings. The number of nitrogens with one attached hydrogen (secondary N) is 1. The maximum atomic E-state index is 5.91. The van der Waals surface area contributed by atoms with E-state index < -0.39 is 0 Å². The molecule has 0 aromatic carbocycles. The molecule has 15 heavy (non-hydrogen) atoms. The first kappa shape index (κ1) is 10.9. The average Bonchev–Trinajstić information content (AvgIpc) is 2.86. The summed E-state index contributed by atoms with van der Waals surface area (Å²) in [5.41, 5.74) is 1.41. The molecule has 0 saturated carbocycles. The number of H-pyrrole nitrogens is 1. The lowest BCUT2D eigenvalue weighted by molar-refractivity contribution is 0.274. The molecular formula is C9H12Cl2N4. The van der Waals surface area contributed by atoms with E-state index in [-0.39, 0.29) is 6.04 Å². The van der Waals surface area contributed by atoms with Gasteiger partial charge in [-0.1, -0.05) is 23.2 Å². The topological polar surface area (TPSA) is 44.8 Å². The van der Waals surface area contributed by atoms with Crippen molar-refractivity contribution in [1.29, 1.82) is 0 Å². The Morgan fingerprint density at radius 1 is 1.73 bits per heavy atom. The number of aromatic nitrogens is 3. The first-order valence-electron chi connectivity index (χ1n) is 4.85. The number of rotatable bonds is 3. The van der Waals surface area contributed by atoms with Crippen molar-refractivity contribution < 1.29 is 0 Å². The third-order valence-corrected chi connectivity index (χ3v) is 3.19. The Morgan fingerprint density at radius 2 is 2.60 bits per heavy atom. The molecular weight excluding hydrogens is 235 g/mol. The zero-order chi connectivity index (χ0) is 10.7. The van der Waals surface area contributed by atoms with Gasteiger partial charge >= 0.3 is 0 Å². The summed E-state index contributed by atoms with van der Waals surface area (Å²) in [6.07, 6.45) is 3.77. The highest BCUT2D eigenvalue weighted by Gasteiger charge is 2.28. The number of hydrogen-bond donors (Lipinski definition) is 1. The SMILES string of the molecule is Cl/C=C(\Cl)CN1CCC[C@H]1c1ncn[nH]1. The zero-order valence-corrected chi connectivity index (χ0v) is 9.67. The van der Waals surface area contributed by atoms with Gasteiger partial charge in [0.05, 0.1) is 6.04 Å². The Hall–Kier alpha value is -0.580. The fourth-order valence-corrected chi connectivity index (χ4v) is 2.15. The van der Waals surface area contributed by atoms with Gasteiger partial charge in [-0.25, -0.2) is 4.98 Å². The molecule has 1 fully saturated rings. The predicted octanol–water partition coefficient (Wildman–Crippen LogP) is 2.26. The van der Waals surface area contributed by atoms with Crippen molar-refractivity contribution in [3.05, 3.63) is 22.7 Å². The van der Waals surface area contributed by atoms with Gasteiger partial charge in [0.1, 0.15) is 12.2 Å². The summed E-state index contributed by atoms with van der Waals surface area (Å²) in [4.78, 5) is 6.43. The minimum atomic E-state index is 0.290. The average molecular weight is 247 g/mol. The highest BCUT2D eigenvalue weighted by molar-refractivity contribution is 6.36. The number of likely N-dealkylation sites (tertiary alicyclic amines) is 1. The minimum absolute atomic E-state index is 0.290. The van der Waals surface area contributed by atoms with Gasteiger partial charge in [-0.3, -0.25) is 10.00 Å². The van der Waals surface area contributed by atoms with E-state index in [0.29, 0.717) is 11.6 Å². The Morgan fingerprint density at radius 3 is 3.27 bits per heavy atom. The summed E-state index contributed by atoms with van der Waals surface area (Å²) in [5, 5.41) is 7.42. The number of nitrogens with zero attached hydrogens (tertiary/aromatic N) is 3. The van der Waals surface area contributed by atoms with E-state index in [1.54, 1.807) is 0 Å². The Kier molecular flexibility index (Phi) is 3.61. The van der Waals surface area contributed by atoms with Crippen molar-refractivity contribution in [3.8, 4) is 0 Å². The van der Waals surface area contributed by atoms with Gasteiger partial charge in [0, 0.05) is 17.1 Å². The first-order valence-corrected chi connectivity index (χ1v) is 5.67. The standard InChI is InChI=1S/C9H12Cl2N4/c10-4-7(11)5-15-3-1-2-8(15)9-12-6-13-14-9/h4,6,8H,1-3,5H2,(H,12,13,14)/b7-4-/t8-/m0/s1. The number of aromatic amines is 1. The van der Waals surface area contributed by atoms with Crippen LogP contribution in [0.5, 0.6) is 0 Å². The quantitative estimate of drug-likeness (QED) is 0.890. The van der Waals surface area contributed by atoms with Crippen LogP contribution in [0, 0.1) is 0 Å². The zero-order valence-electron chi connectivity index (χ0n) is 8.16. The van der Waals surface area contributed by atoms with Crippen LogP contribution in [0.25, 0.3) is 0 Å². The monoisotopic (exact) mass is 246 g/mol. The molecule has 0 bridgehead atoms. The molecule has 82 valence electrons. The molecule has 1 atom stereocenters. The van der Waals surface area contributed by atoms with E-state index in [9.17, 15) is 0 Å². The predicted molar refractivity (Wildman–Crippen MR) is 59.7 cm³/mol. The van der Waals surface area contributed by atoms with Crippen LogP contribution in [0.3, 0.4) is 0 Å². The lowest BCUT2D eigenvalue weighted by Gasteiger charge is -2.21. The maximum absolute atomic E-state index is 5.91. The second-order valence-electron chi connectivity index (χ2n) is 3.56. The van der Waals surface area contributed by atoms with Gasteiger partial charge in [0.15, 0.2) is 0 Å². The van der Waals surface area contributed by atoms with E-state index in [0.717, 1.165) is 25.2 Å². The van der Waals surface area contributed by atoms with Gasteiger partial charge in [0.2, 0.25) is 0 Å². The Bertz CT molecular complexity index is 336. The summed E-state index contributed by atoms with van der Waals surface area (Å²) >= 11 is 11.5. The fourth-order valence-electron chi connectivity index (χ4n) is 1.93. The third kappa shape index (κ3) is 2.51. The van der Waals surface area contributed by atoms with Crippen LogP contribution in [-0.4, -0.2) is 33.2 Å². The van der Waals surface area contributed by atoms with E-state index in [2.05, 4.69) is 20.1 Å². The van der Waals surface area contributed by atoms with Crippen molar-refractivity contribution in [1.82, 2.24) is 20.1 Å². The van der Waals surface area contributed by atoms with Gasteiger partial charge in [-0.05, 0) is 19.4 Å². The molecule has 1 aromatic heterocycles. The van der Waals surface area contributed by atoms with Crippen LogP contribution in [0.1, 0.15) is 24.7 Å². The molecule has 2 rings (SSSR count). The third-order valence-electron chi connectivity index (χ3n) is 2.59. The minimum Gasteiger partial charge on any atom is -0.288 e. The molecule has 1 saturated heterocycles. The first-order chi connectivity index (χ1) is 7.31. The molecule has 1 N–H and O–H groups in total. The lowest BCUT2D eigenvalue weighted by atomic mass is 10.2. The van der Waals surface area contributed by atoms with E-state index in [4.69, 9.17) is 23.2 Å². The van der Waals surface area contributed by atoms with Crippen LogP contribution in [0.15, 0.2) is 16.9 Å². The molecule has 0 aliphatic carbocycles. The molecule has 1 aliphatic heterocycles. The maximum Gasteiger partial charge on any atom is 0.141 e. The van der Waals surface area contributed by atoms with Crippen molar-refractivity contribution in [3.63, 3.8) is 0 Å². The van der Waals surface area contributed by atoms with Crippen LogP contribution >= 0.6 is 23.2 Å². The number of hydrogen-bond acceptors (Lipinski definition) is 3. The lowest BCUT2D eigenvalue weighted by Crippen LogP contribution is -2.25.